The summed E-state index contributed by atoms with van der Waals surface area (Å²) in [6.07, 6.45) is 0. The van der Waals surface area contributed by atoms with Gasteiger partial charge < -0.3 is 10.5 Å². The van der Waals surface area contributed by atoms with Crippen LogP contribution >= 0.6 is 11.8 Å². The Bertz CT molecular complexity index is 668. The van der Waals surface area contributed by atoms with Gasteiger partial charge in [0.25, 0.3) is 0 Å². The topological polar surface area (TPSA) is 52.3 Å². The van der Waals surface area contributed by atoms with Gasteiger partial charge in [0.05, 0.1) is 12.2 Å². The number of carbonyl (C=O) groups is 1. The van der Waals surface area contributed by atoms with Crippen molar-refractivity contribution in [3.63, 3.8) is 0 Å². The molecule has 0 aliphatic carbocycles. The van der Waals surface area contributed by atoms with Crippen LogP contribution in [-0.2, 0) is 4.74 Å². The highest BCUT2D eigenvalue weighted by Gasteiger charge is 2.10. The predicted octanol–water partition coefficient (Wildman–Crippen LogP) is 4.21. The molecule has 0 radical (unpaired) electrons. The number of ether oxygens (including phenoxy) is 1. The Morgan fingerprint density at radius 3 is 2.52 bits per heavy atom. The van der Waals surface area contributed by atoms with E-state index in [0.717, 1.165) is 9.79 Å². The van der Waals surface area contributed by atoms with Gasteiger partial charge in [0.2, 0.25) is 0 Å². The van der Waals surface area contributed by atoms with Crippen molar-refractivity contribution in [2.24, 2.45) is 0 Å². The van der Waals surface area contributed by atoms with Gasteiger partial charge in [0.15, 0.2) is 0 Å². The van der Waals surface area contributed by atoms with Crippen molar-refractivity contribution in [3.8, 4) is 0 Å². The molecule has 2 rings (SSSR count). The van der Waals surface area contributed by atoms with Crippen molar-refractivity contribution in [1.82, 2.24) is 0 Å². The third kappa shape index (κ3) is 3.79. The van der Waals surface area contributed by atoms with Crippen LogP contribution < -0.4 is 5.73 Å². The lowest BCUT2D eigenvalue weighted by Gasteiger charge is -2.09. The largest absolute Gasteiger partial charge is 0.462 e. The van der Waals surface area contributed by atoms with Crippen LogP contribution in [0.2, 0.25) is 0 Å². The lowest BCUT2D eigenvalue weighted by Crippen LogP contribution is -2.05. The maximum absolute atomic E-state index is 11.7. The van der Waals surface area contributed by atoms with E-state index in [0.29, 0.717) is 17.9 Å². The van der Waals surface area contributed by atoms with Gasteiger partial charge in [-0.1, -0.05) is 17.8 Å². The summed E-state index contributed by atoms with van der Waals surface area (Å²) < 4.78 is 4.97. The predicted molar refractivity (Wildman–Crippen MR) is 86.8 cm³/mol. The molecular weight excluding hydrogens is 282 g/mol. The summed E-state index contributed by atoms with van der Waals surface area (Å²) in [5.74, 6) is -0.341. The van der Waals surface area contributed by atoms with E-state index in [9.17, 15) is 4.79 Å². The summed E-state index contributed by atoms with van der Waals surface area (Å²) in [5.41, 5.74) is 9.63. The third-order valence-electron chi connectivity index (χ3n) is 3.23. The van der Waals surface area contributed by atoms with Gasteiger partial charge in [-0.2, -0.15) is 0 Å². The molecular formula is C17H19NO2S. The van der Waals surface area contributed by atoms with E-state index in [4.69, 9.17) is 10.5 Å². The highest BCUT2D eigenvalue weighted by atomic mass is 32.2. The molecule has 0 aliphatic rings. The number of rotatable bonds is 4. The maximum atomic E-state index is 11.7. The highest BCUT2D eigenvalue weighted by Crippen LogP contribution is 2.33. The molecule has 0 fully saturated rings. The van der Waals surface area contributed by atoms with Crippen LogP contribution in [0.15, 0.2) is 46.2 Å². The summed E-state index contributed by atoms with van der Waals surface area (Å²) in [6.45, 7) is 6.32. The van der Waals surface area contributed by atoms with E-state index >= 15 is 0 Å². The quantitative estimate of drug-likeness (QED) is 0.679. The molecule has 2 N–H and O–H groups in total. The molecule has 2 aromatic rings. The van der Waals surface area contributed by atoms with Gasteiger partial charge in [-0.25, -0.2) is 4.79 Å². The van der Waals surface area contributed by atoms with Crippen molar-refractivity contribution in [1.29, 1.82) is 0 Å². The minimum atomic E-state index is -0.341. The summed E-state index contributed by atoms with van der Waals surface area (Å²) in [6, 6.07) is 11.6. The van der Waals surface area contributed by atoms with Gasteiger partial charge in [0, 0.05) is 15.5 Å². The molecule has 0 unspecified atom stereocenters. The standard InChI is InChI=1S/C17H19NO2S/c1-4-20-17(19)13-6-8-16(15(18)10-13)21-14-7-5-11(2)12(3)9-14/h5-10H,4,18H2,1-3H3. The van der Waals surface area contributed by atoms with Crippen LogP contribution in [0.25, 0.3) is 0 Å². The Labute approximate surface area is 129 Å². The first kappa shape index (κ1) is 15.4. The number of esters is 1. The Hall–Kier alpha value is -1.94. The normalized spacial score (nSPS) is 10.4. The molecule has 0 saturated heterocycles. The molecule has 0 aliphatic heterocycles. The van der Waals surface area contributed by atoms with Crippen LogP contribution in [0.1, 0.15) is 28.4 Å². The molecule has 21 heavy (non-hydrogen) atoms. The van der Waals surface area contributed by atoms with Gasteiger partial charge in [-0.05, 0) is 62.2 Å². The zero-order valence-electron chi connectivity index (χ0n) is 12.5. The summed E-state index contributed by atoms with van der Waals surface area (Å²) in [5, 5.41) is 0. The second-order valence-electron chi connectivity index (χ2n) is 4.82. The molecule has 4 heteroatoms. The van der Waals surface area contributed by atoms with Crippen LogP contribution in [0, 0.1) is 13.8 Å². The molecule has 0 heterocycles. The van der Waals surface area contributed by atoms with Crippen molar-refractivity contribution < 1.29 is 9.53 Å². The fourth-order valence-electron chi connectivity index (χ4n) is 1.89. The van der Waals surface area contributed by atoms with E-state index in [-0.39, 0.29) is 5.97 Å². The lowest BCUT2D eigenvalue weighted by molar-refractivity contribution is 0.0526. The second kappa shape index (κ2) is 6.68. The first-order chi connectivity index (χ1) is 10.0. The van der Waals surface area contributed by atoms with Crippen molar-refractivity contribution in [2.45, 2.75) is 30.6 Å². The van der Waals surface area contributed by atoms with E-state index in [1.165, 1.54) is 11.1 Å². The number of benzene rings is 2. The highest BCUT2D eigenvalue weighted by molar-refractivity contribution is 7.99. The van der Waals surface area contributed by atoms with E-state index < -0.39 is 0 Å². The molecule has 0 atom stereocenters. The van der Waals surface area contributed by atoms with Crippen molar-refractivity contribution in [2.75, 3.05) is 12.3 Å². The summed E-state index contributed by atoms with van der Waals surface area (Å²) >= 11 is 1.59. The van der Waals surface area contributed by atoms with Crippen LogP contribution in [0.3, 0.4) is 0 Å². The van der Waals surface area contributed by atoms with Crippen molar-refractivity contribution >= 4 is 23.4 Å². The minimum Gasteiger partial charge on any atom is -0.462 e. The monoisotopic (exact) mass is 301 g/mol. The van der Waals surface area contributed by atoms with E-state index in [1.54, 1.807) is 30.8 Å². The molecule has 0 saturated carbocycles. The zero-order valence-corrected chi connectivity index (χ0v) is 13.3. The zero-order chi connectivity index (χ0) is 15.4. The number of nitrogen functional groups attached to an aromatic ring is 1. The van der Waals surface area contributed by atoms with Gasteiger partial charge in [0.1, 0.15) is 0 Å². The SMILES string of the molecule is CCOC(=O)c1ccc(Sc2ccc(C)c(C)c2)c(N)c1. The molecule has 110 valence electrons. The Morgan fingerprint density at radius 2 is 1.90 bits per heavy atom. The minimum absolute atomic E-state index is 0.341. The molecule has 0 amide bonds. The average molecular weight is 301 g/mol. The number of hydrogen-bond acceptors (Lipinski definition) is 4. The maximum Gasteiger partial charge on any atom is 0.338 e. The molecule has 0 bridgehead atoms. The third-order valence-corrected chi connectivity index (χ3v) is 4.31. The molecule has 0 spiro atoms. The van der Waals surface area contributed by atoms with Crippen LogP contribution in [-0.4, -0.2) is 12.6 Å². The van der Waals surface area contributed by atoms with Crippen LogP contribution in [0.4, 0.5) is 5.69 Å². The molecule has 3 nitrogen and oxygen atoms in total. The van der Waals surface area contributed by atoms with Gasteiger partial charge in [-0.15, -0.1) is 0 Å². The fourth-order valence-corrected chi connectivity index (χ4v) is 2.83. The van der Waals surface area contributed by atoms with Gasteiger partial charge >= 0.3 is 5.97 Å². The first-order valence-electron chi connectivity index (χ1n) is 6.83. The number of anilines is 1. The Kier molecular flexibility index (Phi) is 4.91. The lowest BCUT2D eigenvalue weighted by atomic mass is 10.1. The number of nitrogens with two attached hydrogens (primary N) is 1. The summed E-state index contributed by atoms with van der Waals surface area (Å²) in [4.78, 5) is 13.7. The van der Waals surface area contributed by atoms with E-state index in [1.807, 2.05) is 6.07 Å². The van der Waals surface area contributed by atoms with Crippen LogP contribution in [0.5, 0.6) is 0 Å². The smallest absolute Gasteiger partial charge is 0.338 e. The Balaban J connectivity index is 2.21. The number of aryl methyl sites for hydroxylation is 2. The second-order valence-corrected chi connectivity index (χ2v) is 5.94. The van der Waals surface area contributed by atoms with Crippen molar-refractivity contribution in [3.05, 3.63) is 53.1 Å². The molecule has 2 aromatic carbocycles. The summed E-state index contributed by atoms with van der Waals surface area (Å²) in [7, 11) is 0. The van der Waals surface area contributed by atoms with Gasteiger partial charge in [-0.3, -0.25) is 0 Å². The first-order valence-corrected chi connectivity index (χ1v) is 7.64. The average Bonchev–Trinajstić information content (AvgIpc) is 2.45. The number of hydrogen-bond donors (Lipinski definition) is 1. The fraction of sp³-hybridized carbons (Fsp3) is 0.235. The molecule has 0 aromatic heterocycles. The number of carbonyl (C=O) groups excluding carboxylic acids is 1. The Morgan fingerprint density at radius 1 is 1.14 bits per heavy atom. The van der Waals surface area contributed by atoms with E-state index in [2.05, 4.69) is 32.0 Å².